The second-order valence-corrected chi connectivity index (χ2v) is 6.92. The zero-order chi connectivity index (χ0) is 12.4. The molecule has 1 heterocycles. The molecule has 2 saturated carbocycles. The lowest BCUT2D eigenvalue weighted by Crippen LogP contribution is -2.42. The van der Waals surface area contributed by atoms with Crippen LogP contribution in [0.1, 0.15) is 64.2 Å². The largest absolute Gasteiger partial charge is 0.303 e. The highest BCUT2D eigenvalue weighted by Gasteiger charge is 2.37. The van der Waals surface area contributed by atoms with Crippen molar-refractivity contribution in [3.05, 3.63) is 0 Å². The van der Waals surface area contributed by atoms with Crippen LogP contribution in [-0.4, -0.2) is 30.3 Å². The fraction of sp³-hybridized carbons (Fsp3) is 0.938. The summed E-state index contributed by atoms with van der Waals surface area (Å²) in [6.07, 6.45) is 13.1. The molecule has 0 amide bonds. The third-order valence-electron chi connectivity index (χ3n) is 5.74. The van der Waals surface area contributed by atoms with Gasteiger partial charge in [0.15, 0.2) is 0 Å². The third-order valence-corrected chi connectivity index (χ3v) is 5.74. The first-order chi connectivity index (χ1) is 8.77. The summed E-state index contributed by atoms with van der Waals surface area (Å²) in [5.41, 5.74) is 0.715. The molecule has 1 spiro atoms. The van der Waals surface area contributed by atoms with Gasteiger partial charge in [0.1, 0.15) is 5.78 Å². The third kappa shape index (κ3) is 2.64. The van der Waals surface area contributed by atoms with Gasteiger partial charge in [-0.1, -0.05) is 19.3 Å². The van der Waals surface area contributed by atoms with Gasteiger partial charge in [-0.2, -0.15) is 0 Å². The molecule has 3 rings (SSSR count). The maximum Gasteiger partial charge on any atom is 0.137 e. The van der Waals surface area contributed by atoms with Crippen LogP contribution in [0, 0.1) is 11.3 Å². The maximum absolute atomic E-state index is 11.9. The lowest BCUT2D eigenvalue weighted by molar-refractivity contribution is -0.125. The quantitative estimate of drug-likeness (QED) is 0.747. The molecule has 1 unspecified atom stereocenters. The summed E-state index contributed by atoms with van der Waals surface area (Å²) in [7, 11) is 0. The van der Waals surface area contributed by atoms with Gasteiger partial charge < -0.3 is 4.90 Å². The summed E-state index contributed by atoms with van der Waals surface area (Å²) in [5.74, 6) is 0.916. The van der Waals surface area contributed by atoms with Gasteiger partial charge in [-0.05, 0) is 57.0 Å². The van der Waals surface area contributed by atoms with Crippen LogP contribution >= 0.6 is 0 Å². The highest BCUT2D eigenvalue weighted by Crippen LogP contribution is 2.46. The molecule has 0 aromatic heterocycles. The van der Waals surface area contributed by atoms with Gasteiger partial charge in [-0.25, -0.2) is 0 Å². The van der Waals surface area contributed by atoms with Crippen LogP contribution in [-0.2, 0) is 4.79 Å². The summed E-state index contributed by atoms with van der Waals surface area (Å²) in [6, 6.07) is 0. The average molecular weight is 249 g/mol. The van der Waals surface area contributed by atoms with Gasteiger partial charge in [0.05, 0.1) is 0 Å². The zero-order valence-corrected chi connectivity index (χ0v) is 11.6. The summed E-state index contributed by atoms with van der Waals surface area (Å²) in [6.45, 7) is 3.57. The number of rotatable bonds is 2. The van der Waals surface area contributed by atoms with Crippen molar-refractivity contribution < 1.29 is 4.79 Å². The second kappa shape index (κ2) is 5.32. The van der Waals surface area contributed by atoms with E-state index in [0.29, 0.717) is 17.1 Å². The first-order valence-electron chi connectivity index (χ1n) is 8.03. The molecule has 3 fully saturated rings. The van der Waals surface area contributed by atoms with Gasteiger partial charge in [0.2, 0.25) is 0 Å². The highest BCUT2D eigenvalue weighted by molar-refractivity contribution is 5.81. The van der Waals surface area contributed by atoms with E-state index < -0.39 is 0 Å². The number of likely N-dealkylation sites (tertiary alicyclic amines) is 1. The van der Waals surface area contributed by atoms with Crippen molar-refractivity contribution in [3.63, 3.8) is 0 Å². The minimum absolute atomic E-state index is 0.372. The first-order valence-corrected chi connectivity index (χ1v) is 8.03. The molecule has 102 valence electrons. The number of ketones is 1. The molecule has 2 heteroatoms. The van der Waals surface area contributed by atoms with E-state index in [9.17, 15) is 4.79 Å². The molecule has 3 aliphatic rings. The molecule has 18 heavy (non-hydrogen) atoms. The standard InChI is InChI=1S/C16H27NO/c18-15-6-2-1-5-14(15)13-17-11-9-16(10-12-17)7-3-4-8-16/h14H,1-13H2. The van der Waals surface area contributed by atoms with E-state index in [0.717, 1.165) is 25.8 Å². The van der Waals surface area contributed by atoms with E-state index in [1.54, 1.807) is 0 Å². The zero-order valence-electron chi connectivity index (χ0n) is 11.6. The Morgan fingerprint density at radius 2 is 1.72 bits per heavy atom. The minimum atomic E-state index is 0.372. The van der Waals surface area contributed by atoms with Crippen LogP contribution in [0.5, 0.6) is 0 Å². The Kier molecular flexibility index (Phi) is 3.74. The molecule has 0 bridgehead atoms. The van der Waals surface area contributed by atoms with Gasteiger partial charge in [0, 0.05) is 18.9 Å². The highest BCUT2D eigenvalue weighted by atomic mass is 16.1. The molecule has 1 aliphatic heterocycles. The van der Waals surface area contributed by atoms with Gasteiger partial charge in [-0.3, -0.25) is 4.79 Å². The van der Waals surface area contributed by atoms with Crippen LogP contribution < -0.4 is 0 Å². The van der Waals surface area contributed by atoms with Crippen LogP contribution in [0.4, 0.5) is 0 Å². The summed E-state index contributed by atoms with van der Waals surface area (Å²) in [5, 5.41) is 0. The van der Waals surface area contributed by atoms with Crippen LogP contribution in [0.25, 0.3) is 0 Å². The van der Waals surface area contributed by atoms with Crippen LogP contribution in [0.3, 0.4) is 0 Å². The molecular weight excluding hydrogens is 222 g/mol. The van der Waals surface area contributed by atoms with Gasteiger partial charge in [0.25, 0.3) is 0 Å². The predicted octanol–water partition coefficient (Wildman–Crippen LogP) is 3.40. The van der Waals surface area contributed by atoms with Gasteiger partial charge in [-0.15, -0.1) is 0 Å². The smallest absolute Gasteiger partial charge is 0.137 e. The molecule has 2 aliphatic carbocycles. The van der Waals surface area contributed by atoms with Crippen molar-refractivity contribution >= 4 is 5.78 Å². The molecule has 0 N–H and O–H groups in total. The van der Waals surface area contributed by atoms with Crippen molar-refractivity contribution in [1.82, 2.24) is 4.90 Å². The fourth-order valence-corrected chi connectivity index (χ4v) is 4.39. The number of piperidine rings is 1. The molecule has 0 aromatic carbocycles. The minimum Gasteiger partial charge on any atom is -0.303 e. The van der Waals surface area contributed by atoms with Crippen LogP contribution in [0.15, 0.2) is 0 Å². The lowest BCUT2D eigenvalue weighted by Gasteiger charge is -2.40. The normalized spacial score (nSPS) is 33.1. The first kappa shape index (κ1) is 12.7. The topological polar surface area (TPSA) is 20.3 Å². The number of hydrogen-bond acceptors (Lipinski definition) is 2. The molecule has 2 nitrogen and oxygen atoms in total. The number of nitrogens with zero attached hydrogens (tertiary/aromatic N) is 1. The van der Waals surface area contributed by atoms with Crippen molar-refractivity contribution in [1.29, 1.82) is 0 Å². The Morgan fingerprint density at radius 3 is 2.39 bits per heavy atom. The monoisotopic (exact) mass is 249 g/mol. The van der Waals surface area contributed by atoms with Crippen molar-refractivity contribution in [2.45, 2.75) is 64.2 Å². The molecular formula is C16H27NO. The summed E-state index contributed by atoms with van der Waals surface area (Å²) in [4.78, 5) is 14.5. The van der Waals surface area contributed by atoms with Crippen molar-refractivity contribution in [2.24, 2.45) is 11.3 Å². The second-order valence-electron chi connectivity index (χ2n) is 6.92. The number of Topliss-reactive ketones (excluding diaryl/α,β-unsaturated/α-hetero) is 1. The van der Waals surface area contributed by atoms with Gasteiger partial charge >= 0.3 is 0 Å². The van der Waals surface area contributed by atoms with E-state index in [2.05, 4.69) is 4.90 Å². The maximum atomic E-state index is 11.9. The number of carbonyl (C=O) groups is 1. The lowest BCUT2D eigenvalue weighted by atomic mass is 9.76. The fourth-order valence-electron chi connectivity index (χ4n) is 4.39. The molecule has 1 saturated heterocycles. The van der Waals surface area contributed by atoms with Crippen LogP contribution in [0.2, 0.25) is 0 Å². The Labute approximate surface area is 111 Å². The predicted molar refractivity (Wildman–Crippen MR) is 73.5 cm³/mol. The Hall–Kier alpha value is -0.370. The van der Waals surface area contributed by atoms with Crippen molar-refractivity contribution in [3.8, 4) is 0 Å². The SMILES string of the molecule is O=C1CCCCC1CN1CCC2(CCCC2)CC1. The van der Waals surface area contributed by atoms with E-state index in [4.69, 9.17) is 0 Å². The Morgan fingerprint density at radius 1 is 1.00 bits per heavy atom. The Bertz CT molecular complexity index is 296. The van der Waals surface area contributed by atoms with E-state index in [-0.39, 0.29) is 0 Å². The summed E-state index contributed by atoms with van der Waals surface area (Å²) < 4.78 is 0. The molecule has 1 atom stereocenters. The molecule has 0 aromatic rings. The Balaban J connectivity index is 1.49. The van der Waals surface area contributed by atoms with E-state index in [1.807, 2.05) is 0 Å². The summed E-state index contributed by atoms with van der Waals surface area (Å²) >= 11 is 0. The molecule has 0 radical (unpaired) electrons. The number of hydrogen-bond donors (Lipinski definition) is 0. The number of carbonyl (C=O) groups excluding carboxylic acids is 1. The van der Waals surface area contributed by atoms with E-state index in [1.165, 1.54) is 58.0 Å². The van der Waals surface area contributed by atoms with Crippen molar-refractivity contribution in [2.75, 3.05) is 19.6 Å². The van der Waals surface area contributed by atoms with E-state index >= 15 is 0 Å². The average Bonchev–Trinajstić information content (AvgIpc) is 2.84.